The van der Waals surface area contributed by atoms with E-state index in [0.29, 0.717) is 12.2 Å². The number of Topliss-reactive ketones (excluding diaryl/α,β-unsaturated/α-hetero) is 1. The largest absolute Gasteiger partial charge is 0.507 e. The molecule has 0 unspecified atom stereocenters. The van der Waals surface area contributed by atoms with Crippen molar-refractivity contribution in [3.63, 3.8) is 0 Å². The number of carbonyl (C=O) groups is 1. The summed E-state index contributed by atoms with van der Waals surface area (Å²) in [5.41, 5.74) is 3.36. The minimum Gasteiger partial charge on any atom is -0.507 e. The van der Waals surface area contributed by atoms with Gasteiger partial charge in [-0.3, -0.25) is 4.79 Å². The van der Waals surface area contributed by atoms with Crippen molar-refractivity contribution in [2.24, 2.45) is 0 Å². The van der Waals surface area contributed by atoms with Crippen molar-refractivity contribution in [1.29, 1.82) is 0 Å². The monoisotopic (exact) mass is 402 g/mol. The number of phenols is 1. The van der Waals surface area contributed by atoms with Gasteiger partial charge >= 0.3 is 0 Å². The van der Waals surface area contributed by atoms with Crippen LogP contribution in [0, 0.1) is 20.8 Å². The minimum atomic E-state index is 0.225. The van der Waals surface area contributed by atoms with Gasteiger partial charge in [-0.05, 0) is 49.9 Å². The highest BCUT2D eigenvalue weighted by Crippen LogP contribution is 2.28. The third kappa shape index (κ3) is 10.3. The Morgan fingerprint density at radius 1 is 0.690 bits per heavy atom. The molecule has 0 aromatic heterocycles. The summed E-state index contributed by atoms with van der Waals surface area (Å²) in [6.07, 6.45) is 20.7. The lowest BCUT2D eigenvalue weighted by Gasteiger charge is -2.12. The van der Waals surface area contributed by atoms with Crippen molar-refractivity contribution in [1.82, 2.24) is 0 Å². The predicted octanol–water partition coefficient (Wildman–Crippen LogP) is 8.76. The van der Waals surface area contributed by atoms with Crippen LogP contribution < -0.4 is 0 Å². The van der Waals surface area contributed by atoms with E-state index in [2.05, 4.69) is 6.92 Å². The Hall–Kier alpha value is -1.31. The lowest BCUT2D eigenvalue weighted by Crippen LogP contribution is -2.04. The van der Waals surface area contributed by atoms with Gasteiger partial charge < -0.3 is 5.11 Å². The second-order valence-corrected chi connectivity index (χ2v) is 8.96. The molecule has 1 aromatic carbocycles. The first-order chi connectivity index (χ1) is 14.0. The van der Waals surface area contributed by atoms with Crippen LogP contribution in [0.4, 0.5) is 0 Å². The first-order valence-corrected chi connectivity index (χ1v) is 12.3. The van der Waals surface area contributed by atoms with Crippen molar-refractivity contribution in [2.45, 2.75) is 130 Å². The van der Waals surface area contributed by atoms with Crippen LogP contribution in [0.15, 0.2) is 6.07 Å². The quantitative estimate of drug-likeness (QED) is 0.209. The summed E-state index contributed by atoms with van der Waals surface area (Å²) in [5.74, 6) is 0.550. The Bertz CT molecular complexity index is 589. The summed E-state index contributed by atoms with van der Waals surface area (Å²) in [4.78, 5) is 12.5. The molecule has 1 rings (SSSR count). The third-order valence-electron chi connectivity index (χ3n) is 6.36. The summed E-state index contributed by atoms with van der Waals surface area (Å²) in [7, 11) is 0. The highest BCUT2D eigenvalue weighted by atomic mass is 16.3. The van der Waals surface area contributed by atoms with Crippen molar-refractivity contribution in [2.75, 3.05) is 0 Å². The van der Waals surface area contributed by atoms with E-state index in [0.717, 1.165) is 35.1 Å². The molecule has 1 N–H and O–H groups in total. The molecule has 166 valence electrons. The van der Waals surface area contributed by atoms with Crippen molar-refractivity contribution < 1.29 is 9.90 Å². The molecule has 0 radical (unpaired) electrons. The Kier molecular flexibility index (Phi) is 13.8. The molecule has 29 heavy (non-hydrogen) atoms. The van der Waals surface area contributed by atoms with Gasteiger partial charge in [-0.1, -0.05) is 96.8 Å². The van der Waals surface area contributed by atoms with E-state index in [-0.39, 0.29) is 5.78 Å². The zero-order valence-electron chi connectivity index (χ0n) is 19.7. The van der Waals surface area contributed by atoms with E-state index < -0.39 is 0 Å². The molecule has 1 aromatic rings. The first-order valence-electron chi connectivity index (χ1n) is 12.3. The van der Waals surface area contributed by atoms with Crippen LogP contribution in [0.25, 0.3) is 0 Å². The van der Waals surface area contributed by atoms with Gasteiger partial charge in [-0.25, -0.2) is 0 Å². The Labute approximate surface area is 180 Å². The van der Waals surface area contributed by atoms with Crippen LogP contribution in [0.3, 0.4) is 0 Å². The molecule has 0 aliphatic carbocycles. The van der Waals surface area contributed by atoms with Gasteiger partial charge in [0.2, 0.25) is 0 Å². The third-order valence-corrected chi connectivity index (χ3v) is 6.36. The standard InChI is InChI=1S/C27H46O2/c1-5-6-7-8-9-10-11-12-13-14-15-16-17-18-19-20-26(28)25-21-22(2)27(29)24(4)23(25)3/h21,29H,5-20H2,1-4H3. The average molecular weight is 403 g/mol. The van der Waals surface area contributed by atoms with Gasteiger partial charge in [0.15, 0.2) is 5.78 Å². The SMILES string of the molecule is CCCCCCCCCCCCCCCCCC(=O)c1cc(C)c(O)c(C)c1C. The Balaban J connectivity index is 2.01. The van der Waals surface area contributed by atoms with E-state index in [1.807, 2.05) is 26.8 Å². The van der Waals surface area contributed by atoms with Gasteiger partial charge in [0.1, 0.15) is 5.75 Å². The summed E-state index contributed by atoms with van der Waals surface area (Å²) >= 11 is 0. The fraction of sp³-hybridized carbons (Fsp3) is 0.741. The number of unbranched alkanes of at least 4 members (excludes halogenated alkanes) is 14. The highest BCUT2D eigenvalue weighted by Gasteiger charge is 2.14. The highest BCUT2D eigenvalue weighted by molar-refractivity contribution is 5.98. The number of ketones is 1. The second kappa shape index (κ2) is 15.5. The van der Waals surface area contributed by atoms with Crippen LogP contribution in [0.2, 0.25) is 0 Å². The lowest BCUT2D eigenvalue weighted by molar-refractivity contribution is 0.0978. The zero-order valence-corrected chi connectivity index (χ0v) is 19.7. The molecule has 2 heteroatoms. The minimum absolute atomic E-state index is 0.225. The molecule has 0 fully saturated rings. The van der Waals surface area contributed by atoms with Crippen molar-refractivity contribution in [3.8, 4) is 5.75 Å². The van der Waals surface area contributed by atoms with E-state index in [4.69, 9.17) is 0 Å². The number of hydrogen-bond acceptors (Lipinski definition) is 2. The predicted molar refractivity (Wildman–Crippen MR) is 126 cm³/mol. The van der Waals surface area contributed by atoms with Gasteiger partial charge in [0.05, 0.1) is 0 Å². The molecule has 0 aliphatic heterocycles. The first kappa shape index (κ1) is 25.7. The van der Waals surface area contributed by atoms with E-state index >= 15 is 0 Å². The van der Waals surface area contributed by atoms with Gasteiger partial charge in [-0.15, -0.1) is 0 Å². The van der Waals surface area contributed by atoms with E-state index in [1.54, 1.807) is 0 Å². The molecule has 0 saturated carbocycles. The maximum Gasteiger partial charge on any atom is 0.163 e. The van der Waals surface area contributed by atoms with Crippen molar-refractivity contribution in [3.05, 3.63) is 28.3 Å². The van der Waals surface area contributed by atoms with Crippen LogP contribution in [0.5, 0.6) is 5.75 Å². The van der Waals surface area contributed by atoms with Crippen LogP contribution in [-0.4, -0.2) is 10.9 Å². The molecule has 2 nitrogen and oxygen atoms in total. The molecule has 0 amide bonds. The molecular weight excluding hydrogens is 356 g/mol. The number of hydrogen-bond donors (Lipinski definition) is 1. The summed E-state index contributed by atoms with van der Waals surface area (Å²) in [5, 5.41) is 10.00. The van der Waals surface area contributed by atoms with Crippen LogP contribution in [-0.2, 0) is 0 Å². The Morgan fingerprint density at radius 2 is 1.10 bits per heavy atom. The topological polar surface area (TPSA) is 37.3 Å². The van der Waals surface area contributed by atoms with Gasteiger partial charge in [0, 0.05) is 12.0 Å². The second-order valence-electron chi connectivity index (χ2n) is 8.96. The molecule has 0 atom stereocenters. The molecular formula is C27H46O2. The van der Waals surface area contributed by atoms with Crippen molar-refractivity contribution >= 4 is 5.78 Å². The van der Waals surface area contributed by atoms with E-state index in [9.17, 15) is 9.90 Å². The Morgan fingerprint density at radius 3 is 1.55 bits per heavy atom. The number of aromatic hydroxyl groups is 1. The van der Waals surface area contributed by atoms with Crippen LogP contribution >= 0.6 is 0 Å². The number of aryl methyl sites for hydroxylation is 1. The number of benzene rings is 1. The average Bonchev–Trinajstić information content (AvgIpc) is 2.71. The summed E-state index contributed by atoms with van der Waals surface area (Å²) in [6.45, 7) is 7.97. The maximum absolute atomic E-state index is 12.5. The smallest absolute Gasteiger partial charge is 0.163 e. The number of phenolic OH excluding ortho intramolecular Hbond substituents is 1. The van der Waals surface area contributed by atoms with Crippen LogP contribution in [0.1, 0.15) is 137 Å². The molecule has 0 heterocycles. The van der Waals surface area contributed by atoms with Gasteiger partial charge in [-0.2, -0.15) is 0 Å². The fourth-order valence-corrected chi connectivity index (χ4v) is 4.15. The summed E-state index contributed by atoms with van der Waals surface area (Å²) in [6, 6.07) is 1.85. The van der Waals surface area contributed by atoms with Gasteiger partial charge in [0.25, 0.3) is 0 Å². The number of carbonyl (C=O) groups excluding carboxylic acids is 1. The normalized spacial score (nSPS) is 11.2. The summed E-state index contributed by atoms with van der Waals surface area (Å²) < 4.78 is 0. The lowest BCUT2D eigenvalue weighted by atomic mass is 9.94. The molecule has 0 spiro atoms. The zero-order chi connectivity index (χ0) is 21.5. The fourth-order valence-electron chi connectivity index (χ4n) is 4.15. The molecule has 0 saturated heterocycles. The maximum atomic E-state index is 12.5. The van der Waals surface area contributed by atoms with E-state index in [1.165, 1.54) is 83.5 Å². The molecule has 0 aliphatic rings. The number of rotatable bonds is 17. The molecule has 0 bridgehead atoms.